The van der Waals surface area contributed by atoms with Crippen molar-refractivity contribution in [3.8, 4) is 0 Å². The van der Waals surface area contributed by atoms with Gasteiger partial charge in [-0.05, 0) is 51.4 Å². The largest absolute Gasteiger partial charge is 0.462 e. The smallest absolute Gasteiger partial charge is 0.340 e. The van der Waals surface area contributed by atoms with E-state index in [1.165, 1.54) is 0 Å². The Balaban J connectivity index is 2.55. The summed E-state index contributed by atoms with van der Waals surface area (Å²) in [5.41, 5.74) is 3.36. The van der Waals surface area contributed by atoms with Crippen molar-refractivity contribution in [3.05, 3.63) is 35.2 Å². The Morgan fingerprint density at radius 1 is 1.48 bits per heavy atom. The van der Waals surface area contributed by atoms with Gasteiger partial charge in [0.2, 0.25) is 0 Å². The average Bonchev–Trinajstić information content (AvgIpc) is 2.77. The molecule has 0 amide bonds. The van der Waals surface area contributed by atoms with Crippen LogP contribution >= 0.6 is 0 Å². The minimum atomic E-state index is -0.283. The lowest BCUT2D eigenvalue weighted by Crippen LogP contribution is -2.21. The van der Waals surface area contributed by atoms with E-state index in [9.17, 15) is 4.79 Å². The van der Waals surface area contributed by atoms with Gasteiger partial charge in [-0.25, -0.2) is 9.31 Å². The van der Waals surface area contributed by atoms with Gasteiger partial charge in [0.05, 0.1) is 23.4 Å². The summed E-state index contributed by atoms with van der Waals surface area (Å²) >= 11 is 0. The summed E-state index contributed by atoms with van der Waals surface area (Å²) in [4.78, 5) is 12.2. The molecule has 0 saturated heterocycles. The van der Waals surface area contributed by atoms with Gasteiger partial charge in [-0.3, -0.25) is 0 Å². The molecule has 0 saturated carbocycles. The maximum atomic E-state index is 12.2. The highest BCUT2D eigenvalue weighted by molar-refractivity contribution is 5.99. The number of esters is 1. The van der Waals surface area contributed by atoms with Crippen molar-refractivity contribution in [2.24, 2.45) is 0 Å². The van der Waals surface area contributed by atoms with Crippen LogP contribution in [0.4, 0.5) is 0 Å². The summed E-state index contributed by atoms with van der Waals surface area (Å²) in [6.45, 7) is 9.29. The van der Waals surface area contributed by atoms with Crippen molar-refractivity contribution in [1.82, 2.24) is 14.9 Å². The van der Waals surface area contributed by atoms with E-state index in [0.717, 1.165) is 29.7 Å². The van der Waals surface area contributed by atoms with E-state index in [1.54, 1.807) is 6.20 Å². The molecular weight excluding hydrogens is 266 g/mol. The number of carbonyl (C=O) groups excluding carboxylic acids is 1. The molecule has 0 radical (unpaired) electrons. The molecule has 5 nitrogen and oxygen atoms in total. The number of carbonyl (C=O) groups is 1. The Hall–Kier alpha value is -1.88. The first kappa shape index (κ1) is 15.5. The van der Waals surface area contributed by atoms with Crippen LogP contribution in [0.25, 0.3) is 5.52 Å². The lowest BCUT2D eigenvalue weighted by molar-refractivity contribution is 0.0528. The summed E-state index contributed by atoms with van der Waals surface area (Å²) in [6.07, 6.45) is 2.79. The second-order valence-corrected chi connectivity index (χ2v) is 5.10. The van der Waals surface area contributed by atoms with Gasteiger partial charge in [0, 0.05) is 12.2 Å². The number of hydrogen-bond donors (Lipinski definition) is 1. The van der Waals surface area contributed by atoms with Crippen LogP contribution in [0.1, 0.15) is 54.8 Å². The van der Waals surface area contributed by atoms with Crippen LogP contribution in [-0.4, -0.2) is 28.7 Å². The van der Waals surface area contributed by atoms with Crippen LogP contribution in [0.15, 0.2) is 18.3 Å². The highest BCUT2D eigenvalue weighted by Crippen LogP contribution is 2.27. The third-order valence-electron chi connectivity index (χ3n) is 3.58. The molecular formula is C16H23N3O2. The van der Waals surface area contributed by atoms with Crippen molar-refractivity contribution in [2.75, 3.05) is 13.2 Å². The Morgan fingerprint density at radius 2 is 2.24 bits per heavy atom. The number of hydrogen-bond acceptors (Lipinski definition) is 4. The second-order valence-electron chi connectivity index (χ2n) is 5.10. The van der Waals surface area contributed by atoms with Gasteiger partial charge in [-0.2, -0.15) is 5.10 Å². The normalized spacial score (nSPS) is 12.6. The topological polar surface area (TPSA) is 55.6 Å². The summed E-state index contributed by atoms with van der Waals surface area (Å²) < 4.78 is 7.03. The van der Waals surface area contributed by atoms with E-state index >= 15 is 0 Å². The number of nitrogens with zero attached hydrogens (tertiary/aromatic N) is 2. The maximum absolute atomic E-state index is 12.2. The van der Waals surface area contributed by atoms with E-state index in [4.69, 9.17) is 4.74 Å². The molecule has 5 heteroatoms. The van der Waals surface area contributed by atoms with E-state index in [-0.39, 0.29) is 12.0 Å². The quantitative estimate of drug-likeness (QED) is 0.831. The van der Waals surface area contributed by atoms with E-state index in [0.29, 0.717) is 12.2 Å². The molecule has 0 aliphatic rings. The molecule has 0 aliphatic carbocycles. The zero-order valence-corrected chi connectivity index (χ0v) is 13.1. The number of rotatable bonds is 6. The summed E-state index contributed by atoms with van der Waals surface area (Å²) in [6, 6.07) is 3.86. The molecule has 0 bridgehead atoms. The van der Waals surface area contributed by atoms with E-state index < -0.39 is 0 Å². The van der Waals surface area contributed by atoms with Crippen molar-refractivity contribution in [2.45, 2.75) is 40.2 Å². The Labute approximate surface area is 125 Å². The molecule has 1 unspecified atom stereocenters. The minimum Gasteiger partial charge on any atom is -0.462 e. The summed E-state index contributed by atoms with van der Waals surface area (Å²) in [5.74, 6) is -0.283. The standard InChI is InChI=1S/C16H23N3O2/c1-5-9-17-12(4)15-11(3)14(16(20)21-6-2)13-8-7-10-18-19(13)15/h7-8,10,12,17H,5-6,9H2,1-4H3. The molecule has 0 spiro atoms. The molecule has 21 heavy (non-hydrogen) atoms. The first-order valence-corrected chi connectivity index (χ1v) is 7.48. The fourth-order valence-corrected chi connectivity index (χ4v) is 2.66. The summed E-state index contributed by atoms with van der Waals surface area (Å²) in [7, 11) is 0. The molecule has 2 aromatic rings. The monoisotopic (exact) mass is 289 g/mol. The van der Waals surface area contributed by atoms with E-state index in [2.05, 4.69) is 24.3 Å². The highest BCUT2D eigenvalue weighted by atomic mass is 16.5. The fourth-order valence-electron chi connectivity index (χ4n) is 2.66. The van der Waals surface area contributed by atoms with Crippen molar-refractivity contribution >= 4 is 11.5 Å². The zero-order valence-electron chi connectivity index (χ0n) is 13.1. The van der Waals surface area contributed by atoms with Gasteiger partial charge in [-0.15, -0.1) is 0 Å². The highest BCUT2D eigenvalue weighted by Gasteiger charge is 2.24. The van der Waals surface area contributed by atoms with Crippen LogP contribution in [0.5, 0.6) is 0 Å². The molecule has 0 fully saturated rings. The van der Waals surface area contributed by atoms with Crippen molar-refractivity contribution in [3.63, 3.8) is 0 Å². The predicted molar refractivity (Wildman–Crippen MR) is 82.6 cm³/mol. The third-order valence-corrected chi connectivity index (χ3v) is 3.58. The minimum absolute atomic E-state index is 0.121. The van der Waals surface area contributed by atoms with E-state index in [1.807, 2.05) is 30.5 Å². The van der Waals surface area contributed by atoms with Crippen molar-refractivity contribution < 1.29 is 9.53 Å². The Morgan fingerprint density at radius 3 is 2.90 bits per heavy atom. The molecule has 2 aromatic heterocycles. The van der Waals surface area contributed by atoms with Gasteiger partial charge in [0.15, 0.2) is 0 Å². The Bertz CT molecular complexity index is 634. The molecule has 114 valence electrons. The molecule has 1 N–H and O–H groups in total. The van der Waals surface area contributed by atoms with Crippen LogP contribution in [0, 0.1) is 6.92 Å². The Kier molecular flexibility index (Phi) is 4.96. The lowest BCUT2D eigenvalue weighted by atomic mass is 10.1. The number of nitrogens with one attached hydrogen (secondary N) is 1. The molecule has 0 aromatic carbocycles. The first-order valence-electron chi connectivity index (χ1n) is 7.48. The van der Waals surface area contributed by atoms with Crippen LogP contribution < -0.4 is 5.32 Å². The average molecular weight is 289 g/mol. The molecule has 2 heterocycles. The van der Waals surface area contributed by atoms with Gasteiger partial charge < -0.3 is 10.1 Å². The zero-order chi connectivity index (χ0) is 15.4. The number of aromatic nitrogens is 2. The third kappa shape index (κ3) is 2.93. The molecule has 1 atom stereocenters. The van der Waals surface area contributed by atoms with Crippen LogP contribution in [0.3, 0.4) is 0 Å². The van der Waals surface area contributed by atoms with Gasteiger partial charge in [-0.1, -0.05) is 6.92 Å². The first-order chi connectivity index (χ1) is 10.1. The van der Waals surface area contributed by atoms with Crippen molar-refractivity contribution in [1.29, 1.82) is 0 Å². The molecule has 0 aliphatic heterocycles. The van der Waals surface area contributed by atoms with Gasteiger partial charge in [0.25, 0.3) is 0 Å². The second kappa shape index (κ2) is 6.72. The number of fused-ring (bicyclic) bond motifs is 1. The number of ether oxygens (including phenoxy) is 1. The molecule has 2 rings (SSSR count). The predicted octanol–water partition coefficient (Wildman–Crippen LogP) is 2.88. The SMILES string of the molecule is CCCNC(C)c1c(C)c(C(=O)OCC)c2cccnn12. The van der Waals surface area contributed by atoms with Gasteiger partial charge in [0.1, 0.15) is 0 Å². The van der Waals surface area contributed by atoms with Gasteiger partial charge >= 0.3 is 5.97 Å². The van der Waals surface area contributed by atoms with Crippen LogP contribution in [-0.2, 0) is 4.74 Å². The summed E-state index contributed by atoms with van der Waals surface area (Å²) in [5, 5.41) is 7.86. The fraction of sp³-hybridized carbons (Fsp3) is 0.500. The lowest BCUT2D eigenvalue weighted by Gasteiger charge is -2.14. The maximum Gasteiger partial charge on any atom is 0.340 e. The van der Waals surface area contributed by atoms with Crippen LogP contribution in [0.2, 0.25) is 0 Å².